The lowest BCUT2D eigenvalue weighted by molar-refractivity contribution is -0.114. The SMILES string of the molecule is CC(=O)C[P+](C)(c1ccccc1)c1ccccc1. The van der Waals surface area contributed by atoms with Gasteiger partial charge in [-0.3, -0.25) is 4.79 Å². The van der Waals surface area contributed by atoms with Gasteiger partial charge in [0.05, 0.1) is 24.5 Å². The van der Waals surface area contributed by atoms with E-state index in [0.29, 0.717) is 6.16 Å². The molecule has 18 heavy (non-hydrogen) atoms. The fourth-order valence-electron chi connectivity index (χ4n) is 2.29. The highest BCUT2D eigenvalue weighted by Crippen LogP contribution is 2.52. The maximum atomic E-state index is 11.6. The summed E-state index contributed by atoms with van der Waals surface area (Å²) in [5.41, 5.74) is 0. The van der Waals surface area contributed by atoms with Crippen LogP contribution in [0.25, 0.3) is 0 Å². The molecular formula is C16H18OP+. The Hall–Kier alpha value is -1.46. The van der Waals surface area contributed by atoms with Crippen LogP contribution in [-0.2, 0) is 4.79 Å². The van der Waals surface area contributed by atoms with Crippen LogP contribution in [0.4, 0.5) is 0 Å². The molecule has 0 aliphatic heterocycles. The van der Waals surface area contributed by atoms with E-state index in [9.17, 15) is 4.79 Å². The van der Waals surface area contributed by atoms with E-state index in [-0.39, 0.29) is 5.78 Å². The number of benzene rings is 2. The number of hydrogen-bond donors (Lipinski definition) is 0. The third kappa shape index (κ3) is 2.68. The van der Waals surface area contributed by atoms with Crippen molar-refractivity contribution in [2.75, 3.05) is 12.8 Å². The second-order valence-electron chi connectivity index (χ2n) is 4.72. The molecule has 0 radical (unpaired) electrons. The van der Waals surface area contributed by atoms with Crippen molar-refractivity contribution in [2.45, 2.75) is 6.92 Å². The Balaban J connectivity index is 2.51. The summed E-state index contributed by atoms with van der Waals surface area (Å²) >= 11 is 0. The zero-order valence-electron chi connectivity index (χ0n) is 10.8. The van der Waals surface area contributed by atoms with Crippen LogP contribution >= 0.6 is 7.26 Å². The maximum Gasteiger partial charge on any atom is 0.167 e. The Bertz CT molecular complexity index is 480. The highest BCUT2D eigenvalue weighted by molar-refractivity contribution is 7.89. The Morgan fingerprint density at radius 3 is 1.61 bits per heavy atom. The highest BCUT2D eigenvalue weighted by Gasteiger charge is 2.38. The van der Waals surface area contributed by atoms with Crippen LogP contribution in [0.1, 0.15) is 6.92 Å². The molecule has 0 N–H and O–H groups in total. The minimum absolute atomic E-state index is 0.263. The van der Waals surface area contributed by atoms with E-state index >= 15 is 0 Å². The average molecular weight is 257 g/mol. The average Bonchev–Trinajstić information content (AvgIpc) is 2.40. The number of hydrogen-bond acceptors (Lipinski definition) is 1. The van der Waals surface area contributed by atoms with Gasteiger partial charge in [0.2, 0.25) is 0 Å². The zero-order chi connectivity index (χ0) is 13.0. The lowest BCUT2D eigenvalue weighted by Gasteiger charge is -2.21. The molecule has 0 aromatic heterocycles. The summed E-state index contributed by atoms with van der Waals surface area (Å²) in [4.78, 5) is 11.6. The first kappa shape index (κ1) is 13.0. The third-order valence-corrected chi connectivity index (χ3v) is 7.14. The monoisotopic (exact) mass is 257 g/mol. The molecular weight excluding hydrogens is 239 g/mol. The largest absolute Gasteiger partial charge is 0.296 e. The molecule has 0 aliphatic rings. The van der Waals surface area contributed by atoms with Crippen molar-refractivity contribution in [3.8, 4) is 0 Å². The van der Waals surface area contributed by atoms with Gasteiger partial charge < -0.3 is 0 Å². The lowest BCUT2D eigenvalue weighted by Crippen LogP contribution is -2.26. The Kier molecular flexibility index (Phi) is 3.93. The first-order chi connectivity index (χ1) is 8.63. The number of Topliss-reactive ketones (excluding diaryl/α,β-unsaturated/α-hetero) is 1. The minimum Gasteiger partial charge on any atom is -0.296 e. The van der Waals surface area contributed by atoms with Gasteiger partial charge in [-0.25, -0.2) is 0 Å². The topological polar surface area (TPSA) is 17.1 Å². The van der Waals surface area contributed by atoms with Gasteiger partial charge in [-0.2, -0.15) is 0 Å². The molecule has 0 bridgehead atoms. The second-order valence-corrected chi connectivity index (χ2v) is 8.45. The molecule has 0 saturated carbocycles. The predicted molar refractivity (Wildman–Crippen MR) is 80.5 cm³/mol. The fraction of sp³-hybridized carbons (Fsp3) is 0.188. The van der Waals surface area contributed by atoms with Gasteiger partial charge in [-0.05, 0) is 31.2 Å². The molecule has 92 valence electrons. The van der Waals surface area contributed by atoms with Gasteiger partial charge >= 0.3 is 0 Å². The van der Waals surface area contributed by atoms with E-state index in [2.05, 4.69) is 55.2 Å². The molecule has 2 aromatic carbocycles. The molecule has 1 nitrogen and oxygen atoms in total. The summed E-state index contributed by atoms with van der Waals surface area (Å²) in [7, 11) is -1.58. The van der Waals surface area contributed by atoms with Crippen LogP contribution in [0.2, 0.25) is 0 Å². The molecule has 0 spiro atoms. The molecule has 0 unspecified atom stereocenters. The van der Waals surface area contributed by atoms with Crippen LogP contribution in [0, 0.1) is 0 Å². The van der Waals surface area contributed by atoms with Gasteiger partial charge in [0.25, 0.3) is 0 Å². The van der Waals surface area contributed by atoms with Crippen LogP contribution in [0.3, 0.4) is 0 Å². The molecule has 0 aliphatic carbocycles. The van der Waals surface area contributed by atoms with Crippen LogP contribution < -0.4 is 10.6 Å². The van der Waals surface area contributed by atoms with E-state index in [1.165, 1.54) is 10.6 Å². The molecule has 2 heteroatoms. The lowest BCUT2D eigenvalue weighted by atomic mass is 10.4. The Morgan fingerprint density at radius 2 is 1.28 bits per heavy atom. The van der Waals surface area contributed by atoms with E-state index in [1.54, 1.807) is 6.92 Å². The normalized spacial score (nSPS) is 11.2. The Morgan fingerprint density at radius 1 is 0.889 bits per heavy atom. The molecule has 0 atom stereocenters. The summed E-state index contributed by atoms with van der Waals surface area (Å²) in [6, 6.07) is 20.8. The molecule has 0 heterocycles. The fourth-order valence-corrected chi connectivity index (χ4v) is 5.51. The van der Waals surface area contributed by atoms with Crippen molar-refractivity contribution >= 4 is 23.7 Å². The molecule has 2 rings (SSSR count). The van der Waals surface area contributed by atoms with Crippen LogP contribution in [0.15, 0.2) is 60.7 Å². The summed E-state index contributed by atoms with van der Waals surface area (Å²) in [5.74, 6) is 0.263. The van der Waals surface area contributed by atoms with E-state index < -0.39 is 7.26 Å². The maximum absolute atomic E-state index is 11.6. The van der Waals surface area contributed by atoms with Gasteiger partial charge in [-0.15, -0.1) is 0 Å². The van der Waals surface area contributed by atoms with Crippen molar-refractivity contribution in [3.05, 3.63) is 60.7 Å². The van der Waals surface area contributed by atoms with Crippen molar-refractivity contribution in [3.63, 3.8) is 0 Å². The second kappa shape index (κ2) is 5.46. The van der Waals surface area contributed by atoms with Crippen molar-refractivity contribution in [1.82, 2.24) is 0 Å². The molecule has 0 fully saturated rings. The number of ketones is 1. The van der Waals surface area contributed by atoms with E-state index in [4.69, 9.17) is 0 Å². The minimum atomic E-state index is -1.58. The zero-order valence-corrected chi connectivity index (χ0v) is 11.7. The number of rotatable bonds is 4. The molecule has 0 amide bonds. The van der Waals surface area contributed by atoms with Gasteiger partial charge in [0, 0.05) is 0 Å². The molecule has 0 saturated heterocycles. The van der Waals surface area contributed by atoms with Crippen molar-refractivity contribution < 1.29 is 4.79 Å². The van der Waals surface area contributed by atoms with E-state index in [1.807, 2.05) is 12.1 Å². The Labute approximate surface area is 109 Å². The van der Waals surface area contributed by atoms with Gasteiger partial charge in [-0.1, -0.05) is 36.4 Å². The number of carbonyl (C=O) groups is 1. The first-order valence-electron chi connectivity index (χ1n) is 6.09. The smallest absolute Gasteiger partial charge is 0.167 e. The highest BCUT2D eigenvalue weighted by atomic mass is 31.2. The van der Waals surface area contributed by atoms with Crippen molar-refractivity contribution in [1.29, 1.82) is 0 Å². The summed E-state index contributed by atoms with van der Waals surface area (Å²) in [6.07, 6.45) is 0.640. The van der Waals surface area contributed by atoms with Gasteiger partial charge in [0.15, 0.2) is 5.78 Å². The van der Waals surface area contributed by atoms with E-state index in [0.717, 1.165) is 0 Å². The van der Waals surface area contributed by atoms with Crippen molar-refractivity contribution in [2.24, 2.45) is 0 Å². The molecule has 2 aromatic rings. The quantitative estimate of drug-likeness (QED) is 0.770. The van der Waals surface area contributed by atoms with Gasteiger partial charge in [0.1, 0.15) is 6.16 Å². The standard InChI is InChI=1S/C16H18OP/c1-14(17)13-18(2,15-9-5-3-6-10-15)16-11-7-4-8-12-16/h3-12H,13H2,1-2H3/q+1. The van der Waals surface area contributed by atoms with Crippen LogP contribution in [-0.4, -0.2) is 18.6 Å². The number of carbonyl (C=O) groups excluding carboxylic acids is 1. The summed E-state index contributed by atoms with van der Waals surface area (Å²) in [6.45, 7) is 3.93. The summed E-state index contributed by atoms with van der Waals surface area (Å²) in [5, 5.41) is 2.60. The summed E-state index contributed by atoms with van der Waals surface area (Å²) < 4.78 is 0. The predicted octanol–water partition coefficient (Wildman–Crippen LogP) is 2.87. The van der Waals surface area contributed by atoms with Crippen LogP contribution in [0.5, 0.6) is 0 Å². The third-order valence-electron chi connectivity index (χ3n) is 3.19. The first-order valence-corrected chi connectivity index (χ1v) is 8.51.